The van der Waals surface area contributed by atoms with Crippen LogP contribution in [0, 0.1) is 10.1 Å². The SMILES string of the molecule is COC(=O)c1ccc(C=Cc2ccc3cccc([N+](=O)[O-])c3n2)cc1. The molecule has 0 saturated heterocycles. The molecule has 124 valence electrons. The van der Waals surface area contributed by atoms with E-state index >= 15 is 0 Å². The molecular weight excluding hydrogens is 320 g/mol. The van der Waals surface area contributed by atoms with Crippen molar-refractivity contribution in [3.8, 4) is 0 Å². The fourth-order valence-corrected chi connectivity index (χ4v) is 2.42. The Hall–Kier alpha value is -3.54. The van der Waals surface area contributed by atoms with Crippen LogP contribution >= 0.6 is 0 Å². The van der Waals surface area contributed by atoms with Crippen molar-refractivity contribution in [2.45, 2.75) is 0 Å². The topological polar surface area (TPSA) is 82.3 Å². The number of fused-ring (bicyclic) bond motifs is 1. The average Bonchev–Trinajstić information content (AvgIpc) is 2.65. The van der Waals surface area contributed by atoms with E-state index in [1.165, 1.54) is 13.2 Å². The first-order chi connectivity index (χ1) is 12.1. The lowest BCUT2D eigenvalue weighted by Crippen LogP contribution is -2.00. The highest BCUT2D eigenvalue weighted by Crippen LogP contribution is 2.24. The first-order valence-electron chi connectivity index (χ1n) is 7.49. The van der Waals surface area contributed by atoms with Crippen molar-refractivity contribution >= 4 is 34.7 Å². The number of para-hydroxylation sites is 1. The summed E-state index contributed by atoms with van der Waals surface area (Å²) in [5.41, 5.74) is 2.29. The van der Waals surface area contributed by atoms with E-state index in [0.29, 0.717) is 22.2 Å². The monoisotopic (exact) mass is 334 g/mol. The molecule has 1 heterocycles. The van der Waals surface area contributed by atoms with Crippen LogP contribution in [0.2, 0.25) is 0 Å². The molecule has 1 aromatic heterocycles. The molecule has 0 saturated carbocycles. The third kappa shape index (κ3) is 3.53. The second-order valence-electron chi connectivity index (χ2n) is 5.29. The summed E-state index contributed by atoms with van der Waals surface area (Å²) in [7, 11) is 1.33. The summed E-state index contributed by atoms with van der Waals surface area (Å²) in [6.07, 6.45) is 3.59. The molecule has 0 aliphatic carbocycles. The number of hydrogen-bond acceptors (Lipinski definition) is 5. The van der Waals surface area contributed by atoms with Gasteiger partial charge in [-0.3, -0.25) is 10.1 Å². The number of ether oxygens (including phenoxy) is 1. The van der Waals surface area contributed by atoms with Crippen LogP contribution in [-0.2, 0) is 4.74 Å². The Labute approximate surface area is 143 Å². The summed E-state index contributed by atoms with van der Waals surface area (Å²) >= 11 is 0. The minimum absolute atomic E-state index is 0.0184. The van der Waals surface area contributed by atoms with E-state index in [1.54, 1.807) is 54.6 Å². The highest BCUT2D eigenvalue weighted by Gasteiger charge is 2.12. The normalized spacial score (nSPS) is 10.9. The van der Waals surface area contributed by atoms with Gasteiger partial charge in [0, 0.05) is 11.5 Å². The summed E-state index contributed by atoms with van der Waals surface area (Å²) in [6, 6.07) is 15.4. The molecule has 3 aromatic rings. The Bertz CT molecular complexity index is 978. The number of aromatic nitrogens is 1. The van der Waals surface area contributed by atoms with Crippen LogP contribution in [0.4, 0.5) is 5.69 Å². The number of hydrogen-bond donors (Lipinski definition) is 0. The number of esters is 1. The van der Waals surface area contributed by atoms with Gasteiger partial charge in [-0.1, -0.05) is 36.4 Å². The highest BCUT2D eigenvalue weighted by molar-refractivity contribution is 5.90. The molecule has 2 aromatic carbocycles. The van der Waals surface area contributed by atoms with Gasteiger partial charge >= 0.3 is 5.97 Å². The zero-order chi connectivity index (χ0) is 17.8. The van der Waals surface area contributed by atoms with Crippen LogP contribution in [0.15, 0.2) is 54.6 Å². The van der Waals surface area contributed by atoms with E-state index in [9.17, 15) is 14.9 Å². The highest BCUT2D eigenvalue weighted by atomic mass is 16.6. The van der Waals surface area contributed by atoms with Crippen molar-refractivity contribution < 1.29 is 14.5 Å². The predicted molar refractivity (Wildman–Crippen MR) is 95.1 cm³/mol. The molecule has 6 heteroatoms. The first-order valence-corrected chi connectivity index (χ1v) is 7.49. The molecule has 0 bridgehead atoms. The largest absolute Gasteiger partial charge is 0.465 e. The van der Waals surface area contributed by atoms with E-state index in [1.807, 2.05) is 6.08 Å². The number of carbonyl (C=O) groups is 1. The molecule has 0 unspecified atom stereocenters. The number of methoxy groups -OCH3 is 1. The standard InChI is InChI=1S/C19H14N2O4/c1-25-19(22)15-8-5-13(6-9-15)7-11-16-12-10-14-3-2-4-17(21(23)24)18(14)20-16/h2-12H,1H3. The summed E-state index contributed by atoms with van der Waals surface area (Å²) in [4.78, 5) is 26.5. The number of rotatable bonds is 4. The van der Waals surface area contributed by atoms with Gasteiger partial charge in [0.1, 0.15) is 5.52 Å². The van der Waals surface area contributed by atoms with Crippen LogP contribution in [0.25, 0.3) is 23.1 Å². The summed E-state index contributed by atoms with van der Waals surface area (Å²) in [5.74, 6) is -0.390. The number of nitrogens with zero attached hydrogens (tertiary/aromatic N) is 2. The van der Waals surface area contributed by atoms with Gasteiger partial charge in [-0.05, 0) is 29.8 Å². The smallest absolute Gasteiger partial charge is 0.337 e. The Morgan fingerprint density at radius 3 is 2.52 bits per heavy atom. The Balaban J connectivity index is 1.89. The summed E-state index contributed by atoms with van der Waals surface area (Å²) in [5, 5.41) is 11.8. The van der Waals surface area contributed by atoms with Gasteiger partial charge in [-0.15, -0.1) is 0 Å². The molecule has 0 radical (unpaired) electrons. The third-order valence-electron chi connectivity index (χ3n) is 3.70. The van der Waals surface area contributed by atoms with Gasteiger partial charge in [0.25, 0.3) is 5.69 Å². The third-order valence-corrected chi connectivity index (χ3v) is 3.70. The number of non-ortho nitro benzene ring substituents is 1. The fourth-order valence-electron chi connectivity index (χ4n) is 2.42. The average molecular weight is 334 g/mol. The number of benzene rings is 2. The quantitative estimate of drug-likeness (QED) is 0.407. The van der Waals surface area contributed by atoms with Crippen LogP contribution in [-0.4, -0.2) is 23.0 Å². The number of carbonyl (C=O) groups excluding carboxylic acids is 1. The van der Waals surface area contributed by atoms with Crippen molar-refractivity contribution in [3.63, 3.8) is 0 Å². The molecule has 6 nitrogen and oxygen atoms in total. The Kier molecular flexibility index (Phi) is 4.52. The maximum atomic E-state index is 11.4. The van der Waals surface area contributed by atoms with E-state index in [-0.39, 0.29) is 11.7 Å². The maximum absolute atomic E-state index is 11.4. The lowest BCUT2D eigenvalue weighted by Gasteiger charge is -2.01. The van der Waals surface area contributed by atoms with Crippen molar-refractivity contribution in [2.75, 3.05) is 7.11 Å². The number of nitro groups is 1. The predicted octanol–water partition coefficient (Wildman–Crippen LogP) is 4.10. The van der Waals surface area contributed by atoms with E-state index in [2.05, 4.69) is 9.72 Å². The summed E-state index contributed by atoms with van der Waals surface area (Å²) in [6.45, 7) is 0. The van der Waals surface area contributed by atoms with Crippen molar-refractivity contribution in [1.82, 2.24) is 4.98 Å². The Morgan fingerprint density at radius 2 is 1.84 bits per heavy atom. The van der Waals surface area contributed by atoms with Crippen LogP contribution < -0.4 is 0 Å². The van der Waals surface area contributed by atoms with Crippen molar-refractivity contribution in [3.05, 3.63) is 81.5 Å². The molecule has 0 fully saturated rings. The zero-order valence-electron chi connectivity index (χ0n) is 13.4. The molecule has 0 spiro atoms. The van der Waals surface area contributed by atoms with Gasteiger partial charge in [-0.25, -0.2) is 9.78 Å². The molecule has 0 amide bonds. The summed E-state index contributed by atoms with van der Waals surface area (Å²) < 4.78 is 4.65. The molecule has 0 atom stereocenters. The molecular formula is C19H14N2O4. The molecule has 0 N–H and O–H groups in total. The first kappa shape index (κ1) is 16.3. The molecule has 3 rings (SSSR count). The van der Waals surface area contributed by atoms with Crippen LogP contribution in [0.1, 0.15) is 21.6 Å². The van der Waals surface area contributed by atoms with Crippen molar-refractivity contribution in [2.24, 2.45) is 0 Å². The Morgan fingerprint density at radius 1 is 1.08 bits per heavy atom. The fraction of sp³-hybridized carbons (Fsp3) is 0.0526. The van der Waals surface area contributed by atoms with Crippen LogP contribution in [0.3, 0.4) is 0 Å². The minimum atomic E-state index is -0.436. The van der Waals surface area contributed by atoms with Crippen LogP contribution in [0.5, 0.6) is 0 Å². The maximum Gasteiger partial charge on any atom is 0.337 e. The van der Waals surface area contributed by atoms with Gasteiger partial charge in [0.2, 0.25) is 0 Å². The van der Waals surface area contributed by atoms with Gasteiger partial charge in [-0.2, -0.15) is 0 Å². The second kappa shape index (κ2) is 6.92. The number of nitro benzene ring substituents is 1. The minimum Gasteiger partial charge on any atom is -0.465 e. The molecule has 0 aliphatic rings. The van der Waals surface area contributed by atoms with E-state index in [4.69, 9.17) is 0 Å². The van der Waals surface area contributed by atoms with Crippen molar-refractivity contribution in [1.29, 1.82) is 0 Å². The molecule has 0 aliphatic heterocycles. The second-order valence-corrected chi connectivity index (χ2v) is 5.29. The lowest BCUT2D eigenvalue weighted by atomic mass is 10.1. The van der Waals surface area contributed by atoms with Gasteiger partial charge in [0.05, 0.1) is 23.3 Å². The lowest BCUT2D eigenvalue weighted by molar-refractivity contribution is -0.383. The zero-order valence-corrected chi connectivity index (χ0v) is 13.4. The molecule has 25 heavy (non-hydrogen) atoms. The van der Waals surface area contributed by atoms with E-state index < -0.39 is 4.92 Å². The number of pyridine rings is 1. The van der Waals surface area contributed by atoms with Gasteiger partial charge in [0.15, 0.2) is 0 Å². The van der Waals surface area contributed by atoms with Gasteiger partial charge < -0.3 is 4.74 Å². The van der Waals surface area contributed by atoms with E-state index in [0.717, 1.165) is 5.56 Å².